The highest BCUT2D eigenvalue weighted by Gasteiger charge is 2.31. The van der Waals surface area contributed by atoms with Crippen molar-refractivity contribution >= 4 is 17.4 Å². The number of halogens is 1. The van der Waals surface area contributed by atoms with E-state index in [-0.39, 0.29) is 29.5 Å². The predicted octanol–water partition coefficient (Wildman–Crippen LogP) is 2.08. The molecule has 2 aromatic heterocycles. The fraction of sp³-hybridized carbons (Fsp3) is 0.273. The highest BCUT2D eigenvalue weighted by Crippen LogP contribution is 2.23. The number of nitrogens with one attached hydrogen (secondary N) is 2. The van der Waals surface area contributed by atoms with Crippen LogP contribution in [0.4, 0.5) is 15.9 Å². The van der Waals surface area contributed by atoms with E-state index in [4.69, 9.17) is 5.73 Å². The number of rotatable bonds is 6. The summed E-state index contributed by atoms with van der Waals surface area (Å²) in [6.07, 6.45) is 2.51. The van der Waals surface area contributed by atoms with E-state index >= 15 is 0 Å². The number of carbonyl (C=O) groups is 1. The molecule has 31 heavy (non-hydrogen) atoms. The van der Waals surface area contributed by atoms with Crippen LogP contribution in [0.15, 0.2) is 47.4 Å². The molecular weight excluding hydrogens is 399 g/mol. The van der Waals surface area contributed by atoms with E-state index in [0.29, 0.717) is 36.6 Å². The molecule has 0 aliphatic carbocycles. The number of aryl methyl sites for hydroxylation is 2. The first-order valence-electron chi connectivity index (χ1n) is 10.0. The molecule has 3 aromatic rings. The molecule has 1 atom stereocenters. The molecule has 1 aliphatic rings. The summed E-state index contributed by atoms with van der Waals surface area (Å²) in [5.41, 5.74) is 7.93. The van der Waals surface area contributed by atoms with Crippen molar-refractivity contribution in [3.05, 3.63) is 81.4 Å². The third-order valence-electron chi connectivity index (χ3n) is 5.37. The van der Waals surface area contributed by atoms with Gasteiger partial charge in [0, 0.05) is 25.2 Å². The summed E-state index contributed by atoms with van der Waals surface area (Å²) in [4.78, 5) is 34.4. The normalized spacial score (nSPS) is 14.8. The number of hydrogen-bond donors (Lipinski definition) is 3. The number of hydrogen-bond acceptors (Lipinski definition) is 6. The van der Waals surface area contributed by atoms with Crippen molar-refractivity contribution < 1.29 is 9.18 Å². The molecule has 0 saturated carbocycles. The average Bonchev–Trinajstić information content (AvgIpc) is 3.18. The van der Waals surface area contributed by atoms with Gasteiger partial charge in [-0.25, -0.2) is 14.4 Å². The van der Waals surface area contributed by atoms with Crippen molar-refractivity contribution in [3.63, 3.8) is 0 Å². The van der Waals surface area contributed by atoms with E-state index in [9.17, 15) is 14.0 Å². The third-order valence-corrected chi connectivity index (χ3v) is 5.37. The Morgan fingerprint density at radius 2 is 2.13 bits per heavy atom. The van der Waals surface area contributed by atoms with E-state index in [1.54, 1.807) is 18.2 Å². The van der Waals surface area contributed by atoms with Gasteiger partial charge in [0.2, 0.25) is 5.91 Å². The van der Waals surface area contributed by atoms with Crippen molar-refractivity contribution in [2.75, 3.05) is 11.1 Å². The molecular formula is C22H23FN6O2. The summed E-state index contributed by atoms with van der Waals surface area (Å²) in [7, 11) is 0. The number of anilines is 2. The molecule has 0 saturated heterocycles. The molecule has 8 nitrogen and oxygen atoms in total. The number of nitrogen functional groups attached to an aromatic ring is 1. The summed E-state index contributed by atoms with van der Waals surface area (Å²) >= 11 is 0. The van der Waals surface area contributed by atoms with Gasteiger partial charge in [-0.3, -0.25) is 14.2 Å². The van der Waals surface area contributed by atoms with Gasteiger partial charge in [-0.15, -0.1) is 0 Å². The van der Waals surface area contributed by atoms with E-state index in [1.165, 1.54) is 22.9 Å². The van der Waals surface area contributed by atoms with Crippen LogP contribution in [0.5, 0.6) is 0 Å². The molecule has 4 N–H and O–H groups in total. The fourth-order valence-corrected chi connectivity index (χ4v) is 3.71. The van der Waals surface area contributed by atoms with E-state index < -0.39 is 6.04 Å². The number of aromatic nitrogens is 3. The van der Waals surface area contributed by atoms with Gasteiger partial charge in [0.1, 0.15) is 29.2 Å². The first kappa shape index (κ1) is 20.5. The summed E-state index contributed by atoms with van der Waals surface area (Å²) in [5.74, 6) is 0.410. The lowest BCUT2D eigenvalue weighted by atomic mass is 10.1. The van der Waals surface area contributed by atoms with Gasteiger partial charge in [-0.1, -0.05) is 18.2 Å². The van der Waals surface area contributed by atoms with Crippen LogP contribution in [0, 0.1) is 12.7 Å². The summed E-state index contributed by atoms with van der Waals surface area (Å²) in [6, 6.07) is 9.01. The highest BCUT2D eigenvalue weighted by atomic mass is 19.1. The Morgan fingerprint density at radius 1 is 1.29 bits per heavy atom. The molecule has 0 unspecified atom stereocenters. The number of amides is 1. The lowest BCUT2D eigenvalue weighted by molar-refractivity contribution is -0.124. The minimum atomic E-state index is -0.632. The van der Waals surface area contributed by atoms with Crippen molar-refractivity contribution in [1.29, 1.82) is 0 Å². The number of carbonyl (C=O) groups excluding carboxylic acids is 1. The Bertz CT molecular complexity index is 1190. The second-order valence-electron chi connectivity index (χ2n) is 7.50. The van der Waals surface area contributed by atoms with Crippen LogP contribution in [0.2, 0.25) is 0 Å². The molecule has 0 fully saturated rings. The number of nitrogens with zero attached hydrogens (tertiary/aromatic N) is 3. The van der Waals surface area contributed by atoms with Gasteiger partial charge in [-0.05, 0) is 42.7 Å². The van der Waals surface area contributed by atoms with Crippen LogP contribution in [0.3, 0.4) is 0 Å². The van der Waals surface area contributed by atoms with E-state index in [1.807, 2.05) is 13.0 Å². The van der Waals surface area contributed by atoms with E-state index in [0.717, 1.165) is 11.3 Å². The third kappa shape index (κ3) is 4.40. The van der Waals surface area contributed by atoms with Crippen LogP contribution >= 0.6 is 0 Å². The Kier molecular flexibility index (Phi) is 5.66. The largest absolute Gasteiger partial charge is 0.384 e. The lowest BCUT2D eigenvalue weighted by Crippen LogP contribution is -2.36. The molecule has 3 heterocycles. The Balaban J connectivity index is 1.48. The maximum absolute atomic E-state index is 13.4. The smallest absolute Gasteiger partial charge is 0.277 e. The molecule has 1 aliphatic heterocycles. The van der Waals surface area contributed by atoms with Gasteiger partial charge in [0.05, 0.1) is 6.20 Å². The quantitative estimate of drug-likeness (QED) is 0.560. The summed E-state index contributed by atoms with van der Waals surface area (Å²) < 4.78 is 14.8. The number of nitrogens with two attached hydrogens (primary N) is 1. The second-order valence-corrected chi connectivity index (χ2v) is 7.50. The van der Waals surface area contributed by atoms with Gasteiger partial charge in [0.15, 0.2) is 0 Å². The van der Waals surface area contributed by atoms with Gasteiger partial charge < -0.3 is 16.4 Å². The SMILES string of the molecule is Cc1nc(N)ccc1CNC(=O)[C@@H]1CCc2ncc(NCc3cccc(F)c3)c(=O)n21. The van der Waals surface area contributed by atoms with Crippen molar-refractivity contribution in [2.24, 2.45) is 0 Å². The van der Waals surface area contributed by atoms with Crippen LogP contribution in [0.25, 0.3) is 0 Å². The number of pyridine rings is 1. The molecule has 0 radical (unpaired) electrons. The van der Waals surface area contributed by atoms with Crippen LogP contribution in [-0.4, -0.2) is 20.4 Å². The highest BCUT2D eigenvalue weighted by molar-refractivity contribution is 5.81. The van der Waals surface area contributed by atoms with Crippen LogP contribution in [-0.2, 0) is 24.3 Å². The minimum Gasteiger partial charge on any atom is -0.384 e. The van der Waals surface area contributed by atoms with E-state index in [2.05, 4.69) is 20.6 Å². The first-order chi connectivity index (χ1) is 14.9. The maximum atomic E-state index is 13.4. The average molecular weight is 422 g/mol. The van der Waals surface area contributed by atoms with Gasteiger partial charge in [0.25, 0.3) is 5.56 Å². The summed E-state index contributed by atoms with van der Waals surface area (Å²) in [6.45, 7) is 2.39. The lowest BCUT2D eigenvalue weighted by Gasteiger charge is -2.16. The van der Waals surface area contributed by atoms with Crippen LogP contribution < -0.4 is 21.9 Å². The monoisotopic (exact) mass is 422 g/mol. The van der Waals surface area contributed by atoms with Crippen molar-refractivity contribution in [1.82, 2.24) is 19.9 Å². The minimum absolute atomic E-state index is 0.249. The Morgan fingerprint density at radius 3 is 2.90 bits per heavy atom. The van der Waals surface area contributed by atoms with Gasteiger partial charge in [-0.2, -0.15) is 0 Å². The molecule has 1 aromatic carbocycles. The number of benzene rings is 1. The van der Waals surface area contributed by atoms with Crippen molar-refractivity contribution in [2.45, 2.75) is 38.9 Å². The van der Waals surface area contributed by atoms with Crippen LogP contribution in [0.1, 0.15) is 35.1 Å². The topological polar surface area (TPSA) is 115 Å². The molecule has 0 spiro atoms. The Hall–Kier alpha value is -3.75. The molecule has 160 valence electrons. The first-order valence-corrected chi connectivity index (χ1v) is 10.0. The predicted molar refractivity (Wildman–Crippen MR) is 115 cm³/mol. The maximum Gasteiger partial charge on any atom is 0.277 e. The molecule has 4 rings (SSSR count). The van der Waals surface area contributed by atoms with Crippen molar-refractivity contribution in [3.8, 4) is 0 Å². The zero-order valence-electron chi connectivity index (χ0n) is 17.1. The molecule has 0 bridgehead atoms. The Labute approximate surface area is 178 Å². The standard InChI is InChI=1S/C22H23FN6O2/c1-13-15(5-7-19(24)28-13)11-27-21(30)18-6-8-20-26-12-17(22(31)29(18)20)25-10-14-3-2-4-16(23)9-14/h2-5,7,9,12,18,25H,6,8,10-11H2,1H3,(H2,24,28)(H,27,30)/t18-/m0/s1. The summed E-state index contributed by atoms with van der Waals surface area (Å²) in [5, 5.41) is 5.89. The fourth-order valence-electron chi connectivity index (χ4n) is 3.71. The zero-order chi connectivity index (χ0) is 22.0. The molecule has 1 amide bonds. The zero-order valence-corrected chi connectivity index (χ0v) is 17.1. The second kappa shape index (κ2) is 8.55. The van der Waals surface area contributed by atoms with Gasteiger partial charge >= 0.3 is 0 Å². The number of fused-ring (bicyclic) bond motifs is 1. The molecule has 9 heteroatoms.